The van der Waals surface area contributed by atoms with Gasteiger partial charge in [0.2, 0.25) is 0 Å². The SMILES string of the molecule is Cc1cc(F)ccc1C1CCCCN1NCS(C)(=O)=O. The fraction of sp³-hybridized carbons (Fsp3) is 0.571. The highest BCUT2D eigenvalue weighted by atomic mass is 32.2. The number of piperidine rings is 1. The molecule has 112 valence electrons. The molecule has 1 aliphatic rings. The molecule has 1 heterocycles. The van der Waals surface area contributed by atoms with Crippen molar-refractivity contribution in [3.05, 3.63) is 35.1 Å². The zero-order chi connectivity index (χ0) is 14.8. The van der Waals surface area contributed by atoms with E-state index in [2.05, 4.69) is 5.43 Å². The van der Waals surface area contributed by atoms with Crippen molar-refractivity contribution in [3.8, 4) is 0 Å². The summed E-state index contributed by atoms with van der Waals surface area (Å²) in [5.74, 6) is -0.304. The van der Waals surface area contributed by atoms with Gasteiger partial charge in [0.1, 0.15) is 11.7 Å². The molecule has 0 spiro atoms. The molecule has 4 nitrogen and oxygen atoms in total. The van der Waals surface area contributed by atoms with E-state index in [0.29, 0.717) is 0 Å². The van der Waals surface area contributed by atoms with Crippen LogP contribution in [0.25, 0.3) is 0 Å². The zero-order valence-electron chi connectivity index (χ0n) is 11.9. The smallest absolute Gasteiger partial charge is 0.161 e. The standard InChI is InChI=1S/C14H21FN2O2S/c1-11-9-12(15)6-7-13(11)14-5-3-4-8-17(14)16-10-20(2,18)19/h6-7,9,14,16H,3-5,8,10H2,1-2H3. The molecule has 1 aromatic rings. The maximum absolute atomic E-state index is 13.2. The van der Waals surface area contributed by atoms with Crippen molar-refractivity contribution >= 4 is 9.84 Å². The summed E-state index contributed by atoms with van der Waals surface area (Å²) in [5.41, 5.74) is 4.97. The van der Waals surface area contributed by atoms with E-state index >= 15 is 0 Å². The van der Waals surface area contributed by atoms with Gasteiger partial charge in [-0.15, -0.1) is 0 Å². The molecule has 0 amide bonds. The summed E-state index contributed by atoms with van der Waals surface area (Å²) in [4.78, 5) is 0. The highest BCUT2D eigenvalue weighted by Crippen LogP contribution is 2.31. The number of hydrogen-bond acceptors (Lipinski definition) is 4. The average Bonchev–Trinajstić information content (AvgIpc) is 2.36. The Kier molecular flexibility index (Phi) is 4.78. The van der Waals surface area contributed by atoms with Gasteiger partial charge in [-0.05, 0) is 43.0 Å². The second kappa shape index (κ2) is 6.20. The monoisotopic (exact) mass is 300 g/mol. The summed E-state index contributed by atoms with van der Waals surface area (Å²) >= 11 is 0. The Morgan fingerprint density at radius 2 is 2.15 bits per heavy atom. The lowest BCUT2D eigenvalue weighted by Crippen LogP contribution is -2.45. The number of benzene rings is 1. The van der Waals surface area contributed by atoms with Crippen molar-refractivity contribution in [2.75, 3.05) is 18.7 Å². The average molecular weight is 300 g/mol. The van der Waals surface area contributed by atoms with Gasteiger partial charge in [0.25, 0.3) is 0 Å². The third kappa shape index (κ3) is 4.01. The third-order valence-electron chi connectivity index (χ3n) is 3.62. The quantitative estimate of drug-likeness (QED) is 0.926. The van der Waals surface area contributed by atoms with Crippen molar-refractivity contribution in [2.24, 2.45) is 0 Å². The van der Waals surface area contributed by atoms with E-state index in [9.17, 15) is 12.8 Å². The van der Waals surface area contributed by atoms with Crippen LogP contribution in [0.3, 0.4) is 0 Å². The van der Waals surface area contributed by atoms with E-state index in [1.807, 2.05) is 11.9 Å². The van der Waals surface area contributed by atoms with Gasteiger partial charge in [0, 0.05) is 18.8 Å². The summed E-state index contributed by atoms with van der Waals surface area (Å²) in [6, 6.07) is 4.89. The van der Waals surface area contributed by atoms with E-state index in [1.165, 1.54) is 18.4 Å². The van der Waals surface area contributed by atoms with Crippen LogP contribution in [-0.2, 0) is 9.84 Å². The first-order valence-corrected chi connectivity index (χ1v) is 8.87. The minimum atomic E-state index is -3.06. The molecule has 1 saturated heterocycles. The largest absolute Gasteiger partial charge is 0.239 e. The second-order valence-corrected chi connectivity index (χ2v) is 7.57. The molecule has 1 aliphatic heterocycles. The van der Waals surface area contributed by atoms with Gasteiger partial charge in [-0.1, -0.05) is 12.5 Å². The Morgan fingerprint density at radius 3 is 2.80 bits per heavy atom. The maximum atomic E-state index is 13.2. The molecule has 0 saturated carbocycles. The summed E-state index contributed by atoms with van der Waals surface area (Å²) in [6.45, 7) is 2.69. The fourth-order valence-electron chi connectivity index (χ4n) is 2.66. The normalized spacial score (nSPS) is 21.1. The molecule has 1 atom stereocenters. The summed E-state index contributed by atoms with van der Waals surface area (Å²) < 4.78 is 35.8. The number of hydrogen-bond donors (Lipinski definition) is 1. The zero-order valence-corrected chi connectivity index (χ0v) is 12.7. The van der Waals surface area contributed by atoms with E-state index < -0.39 is 9.84 Å². The molecule has 0 radical (unpaired) electrons. The number of sulfone groups is 1. The number of aryl methyl sites for hydroxylation is 1. The van der Waals surface area contributed by atoms with Crippen molar-refractivity contribution in [2.45, 2.75) is 32.2 Å². The molecule has 0 aromatic heterocycles. The lowest BCUT2D eigenvalue weighted by molar-refractivity contribution is 0.0940. The summed E-state index contributed by atoms with van der Waals surface area (Å²) in [7, 11) is -3.06. The topological polar surface area (TPSA) is 49.4 Å². The molecule has 1 N–H and O–H groups in total. The molecular weight excluding hydrogens is 279 g/mol. The predicted molar refractivity (Wildman–Crippen MR) is 77.3 cm³/mol. The second-order valence-electron chi connectivity index (χ2n) is 5.43. The van der Waals surface area contributed by atoms with Crippen LogP contribution in [0.4, 0.5) is 4.39 Å². The maximum Gasteiger partial charge on any atom is 0.161 e. The first-order chi connectivity index (χ1) is 9.37. The number of rotatable bonds is 4. The lowest BCUT2D eigenvalue weighted by Gasteiger charge is -2.36. The molecular formula is C14H21FN2O2S. The highest BCUT2D eigenvalue weighted by Gasteiger charge is 2.25. The molecule has 6 heteroatoms. The molecule has 0 bridgehead atoms. The first kappa shape index (κ1) is 15.4. The van der Waals surface area contributed by atoms with Crippen LogP contribution in [0.15, 0.2) is 18.2 Å². The van der Waals surface area contributed by atoms with Crippen LogP contribution in [0, 0.1) is 12.7 Å². The Labute approximate surface area is 119 Å². The van der Waals surface area contributed by atoms with Gasteiger partial charge < -0.3 is 0 Å². The van der Waals surface area contributed by atoms with Crippen LogP contribution in [0.1, 0.15) is 36.4 Å². The van der Waals surface area contributed by atoms with Gasteiger partial charge in [-0.2, -0.15) is 0 Å². The molecule has 2 rings (SSSR count). The fourth-order valence-corrected chi connectivity index (χ4v) is 3.06. The van der Waals surface area contributed by atoms with Gasteiger partial charge >= 0.3 is 0 Å². The van der Waals surface area contributed by atoms with E-state index in [-0.39, 0.29) is 17.7 Å². The number of hydrazine groups is 1. The van der Waals surface area contributed by atoms with Crippen molar-refractivity contribution in [1.82, 2.24) is 10.4 Å². The molecule has 1 fully saturated rings. The minimum Gasteiger partial charge on any atom is -0.239 e. The van der Waals surface area contributed by atoms with Gasteiger partial charge in [-0.3, -0.25) is 0 Å². The number of nitrogens with one attached hydrogen (secondary N) is 1. The summed E-state index contributed by atoms with van der Waals surface area (Å²) in [5, 5.41) is 1.98. The van der Waals surface area contributed by atoms with Crippen LogP contribution >= 0.6 is 0 Å². The number of nitrogens with zero attached hydrogens (tertiary/aromatic N) is 1. The highest BCUT2D eigenvalue weighted by molar-refractivity contribution is 7.90. The van der Waals surface area contributed by atoms with Crippen LogP contribution < -0.4 is 5.43 Å². The van der Waals surface area contributed by atoms with Gasteiger partial charge in [0.05, 0.1) is 0 Å². The van der Waals surface area contributed by atoms with Gasteiger partial charge in [0.15, 0.2) is 9.84 Å². The Hall–Kier alpha value is -0.980. The van der Waals surface area contributed by atoms with Crippen LogP contribution in [-0.4, -0.2) is 32.1 Å². The minimum absolute atomic E-state index is 0.0657. The van der Waals surface area contributed by atoms with Gasteiger partial charge in [-0.25, -0.2) is 23.2 Å². The Morgan fingerprint density at radius 1 is 1.40 bits per heavy atom. The van der Waals surface area contributed by atoms with Crippen LogP contribution in [0.2, 0.25) is 0 Å². The predicted octanol–water partition coefficient (Wildman–Crippen LogP) is 2.17. The molecule has 0 aliphatic carbocycles. The third-order valence-corrected chi connectivity index (χ3v) is 4.28. The molecule has 20 heavy (non-hydrogen) atoms. The Balaban J connectivity index is 2.18. The van der Waals surface area contributed by atoms with E-state index in [4.69, 9.17) is 0 Å². The lowest BCUT2D eigenvalue weighted by atomic mass is 9.93. The molecule has 1 unspecified atom stereocenters. The van der Waals surface area contributed by atoms with Crippen molar-refractivity contribution in [3.63, 3.8) is 0 Å². The molecule has 1 aromatic carbocycles. The van der Waals surface area contributed by atoms with E-state index in [0.717, 1.165) is 36.9 Å². The van der Waals surface area contributed by atoms with E-state index in [1.54, 1.807) is 6.07 Å². The van der Waals surface area contributed by atoms with Crippen molar-refractivity contribution in [1.29, 1.82) is 0 Å². The van der Waals surface area contributed by atoms with Crippen LogP contribution in [0.5, 0.6) is 0 Å². The Bertz CT molecular complexity index is 575. The van der Waals surface area contributed by atoms with Crippen molar-refractivity contribution < 1.29 is 12.8 Å². The number of halogens is 1. The summed E-state index contributed by atoms with van der Waals surface area (Å²) in [6.07, 6.45) is 4.29. The first-order valence-electron chi connectivity index (χ1n) is 6.81.